The van der Waals surface area contributed by atoms with Gasteiger partial charge in [0.1, 0.15) is 5.82 Å². The largest absolute Gasteiger partial charge is 0.393 e. The van der Waals surface area contributed by atoms with E-state index in [1.165, 1.54) is 0 Å². The molecule has 0 aliphatic carbocycles. The Bertz CT molecular complexity index is 460. The fourth-order valence-electron chi connectivity index (χ4n) is 1.12. The fourth-order valence-corrected chi connectivity index (χ4v) is 1.12. The van der Waals surface area contributed by atoms with Gasteiger partial charge >= 0.3 is 0 Å². The molecule has 0 aliphatic heterocycles. The lowest BCUT2D eigenvalue weighted by atomic mass is 10.4. The molecule has 0 aliphatic rings. The third-order valence-corrected chi connectivity index (χ3v) is 1.67. The van der Waals surface area contributed by atoms with E-state index in [4.69, 9.17) is 0 Å². The van der Waals surface area contributed by atoms with Gasteiger partial charge in [-0.3, -0.25) is 4.79 Å². The van der Waals surface area contributed by atoms with Gasteiger partial charge in [0, 0.05) is 13.2 Å². The Morgan fingerprint density at radius 2 is 2.00 bits per heavy atom. The summed E-state index contributed by atoms with van der Waals surface area (Å²) in [5.74, 6) is 0.631. The maximum absolute atomic E-state index is 11.4. The lowest BCUT2D eigenvalue weighted by Gasteiger charge is -1.93. The highest BCUT2D eigenvalue weighted by molar-refractivity contribution is 5.24. The molecule has 4 nitrogen and oxygen atoms in total. The second kappa shape index (κ2) is 6.81. The Kier molecular flexibility index (Phi) is 6.09. The van der Waals surface area contributed by atoms with Gasteiger partial charge in [0.15, 0.2) is 0 Å². The Morgan fingerprint density at radius 1 is 1.40 bits per heavy atom. The summed E-state index contributed by atoms with van der Waals surface area (Å²) in [5.41, 5.74) is -0.116. The molecule has 0 unspecified atom stereocenters. The van der Waals surface area contributed by atoms with Crippen LogP contribution in [0.25, 0.3) is 12.3 Å². The average Bonchev–Trinajstić information content (AvgIpc) is 2.24. The minimum absolute atomic E-state index is 0.116. The van der Waals surface area contributed by atoms with Crippen molar-refractivity contribution in [1.82, 2.24) is 15.3 Å². The molecule has 0 atom stereocenters. The first kappa shape index (κ1) is 13.4. The summed E-state index contributed by atoms with van der Waals surface area (Å²) in [5, 5.41) is 4.08. The normalized spacial score (nSPS) is 12.1. The van der Waals surface area contributed by atoms with Crippen LogP contribution in [0.4, 0.5) is 0 Å². The molecule has 0 amide bonds. The van der Waals surface area contributed by atoms with E-state index in [0.29, 0.717) is 16.4 Å². The Hall–Kier alpha value is -1.58. The van der Waals surface area contributed by atoms with E-state index in [1.807, 2.05) is 26.8 Å². The minimum Gasteiger partial charge on any atom is -0.393 e. The van der Waals surface area contributed by atoms with Crippen LogP contribution in [0.2, 0.25) is 0 Å². The SMILES string of the molecule is C/C=c1/nc(C)[nH]c(=O)/c1=C/NC.CC. The highest BCUT2D eigenvalue weighted by atomic mass is 16.1. The van der Waals surface area contributed by atoms with E-state index in [2.05, 4.69) is 15.3 Å². The van der Waals surface area contributed by atoms with Crippen molar-refractivity contribution in [1.29, 1.82) is 0 Å². The van der Waals surface area contributed by atoms with Crippen LogP contribution in [0.5, 0.6) is 0 Å². The third-order valence-electron chi connectivity index (χ3n) is 1.67. The van der Waals surface area contributed by atoms with E-state index >= 15 is 0 Å². The molecular formula is C11H19N3O. The van der Waals surface area contributed by atoms with E-state index in [1.54, 1.807) is 20.2 Å². The summed E-state index contributed by atoms with van der Waals surface area (Å²) in [4.78, 5) is 18.3. The molecule has 0 fully saturated rings. The van der Waals surface area contributed by atoms with Crippen molar-refractivity contribution in [2.75, 3.05) is 7.05 Å². The van der Waals surface area contributed by atoms with Crippen molar-refractivity contribution in [3.63, 3.8) is 0 Å². The molecule has 1 aromatic rings. The zero-order chi connectivity index (χ0) is 11.8. The van der Waals surface area contributed by atoms with Gasteiger partial charge in [0.2, 0.25) is 0 Å². The Morgan fingerprint density at radius 3 is 2.47 bits per heavy atom. The highest BCUT2D eigenvalue weighted by Gasteiger charge is 1.93. The molecule has 1 aromatic heterocycles. The van der Waals surface area contributed by atoms with Crippen LogP contribution in [0.15, 0.2) is 4.79 Å². The Labute approximate surface area is 89.8 Å². The minimum atomic E-state index is -0.116. The number of H-pyrrole nitrogens is 1. The highest BCUT2D eigenvalue weighted by Crippen LogP contribution is 1.68. The summed E-state index contributed by atoms with van der Waals surface area (Å²) in [6.07, 6.45) is 3.45. The first-order chi connectivity index (χ1) is 7.19. The van der Waals surface area contributed by atoms with Gasteiger partial charge in [-0.15, -0.1) is 0 Å². The van der Waals surface area contributed by atoms with Crippen molar-refractivity contribution >= 4 is 12.3 Å². The molecule has 15 heavy (non-hydrogen) atoms. The van der Waals surface area contributed by atoms with Gasteiger partial charge in [-0.2, -0.15) is 0 Å². The fraction of sp³-hybridized carbons (Fsp3) is 0.455. The predicted octanol–water partition coefficient (Wildman–Crippen LogP) is -0.138. The van der Waals surface area contributed by atoms with Crippen LogP contribution in [-0.4, -0.2) is 17.0 Å². The molecular weight excluding hydrogens is 190 g/mol. The van der Waals surface area contributed by atoms with E-state index in [0.717, 1.165) is 0 Å². The van der Waals surface area contributed by atoms with Gasteiger partial charge in [-0.1, -0.05) is 19.9 Å². The summed E-state index contributed by atoms with van der Waals surface area (Å²) >= 11 is 0. The van der Waals surface area contributed by atoms with Crippen LogP contribution < -0.4 is 21.4 Å². The molecule has 0 saturated heterocycles. The van der Waals surface area contributed by atoms with E-state index in [-0.39, 0.29) is 5.56 Å². The molecule has 1 heterocycles. The van der Waals surface area contributed by atoms with Crippen molar-refractivity contribution in [2.24, 2.45) is 0 Å². The van der Waals surface area contributed by atoms with Gasteiger partial charge < -0.3 is 10.3 Å². The first-order valence-electron chi connectivity index (χ1n) is 5.09. The zero-order valence-electron chi connectivity index (χ0n) is 10.0. The number of hydrogen-bond acceptors (Lipinski definition) is 3. The standard InChI is InChI=1S/C9H13N3O.C2H6/c1-4-8-7(5-10-3)9(13)12-6(2)11-8;1-2/h4-5,10H,1-3H3,(H,11,12,13);1-2H3/b7-5+,8-4+;. The number of hydrogen-bond donors (Lipinski definition) is 2. The molecule has 0 bridgehead atoms. The molecule has 84 valence electrons. The van der Waals surface area contributed by atoms with Crippen LogP contribution in [0.1, 0.15) is 26.6 Å². The second-order valence-corrected chi connectivity index (χ2v) is 2.67. The molecule has 0 radical (unpaired) electrons. The summed E-state index contributed by atoms with van der Waals surface area (Å²) in [7, 11) is 1.75. The van der Waals surface area contributed by atoms with Gasteiger partial charge in [-0.25, -0.2) is 4.98 Å². The second-order valence-electron chi connectivity index (χ2n) is 2.67. The number of rotatable bonds is 1. The molecule has 4 heteroatoms. The van der Waals surface area contributed by atoms with Gasteiger partial charge in [-0.05, 0) is 13.8 Å². The topological polar surface area (TPSA) is 57.8 Å². The third kappa shape index (κ3) is 3.58. The lowest BCUT2D eigenvalue weighted by molar-refractivity contribution is 0.965. The quantitative estimate of drug-likeness (QED) is 0.677. The monoisotopic (exact) mass is 209 g/mol. The first-order valence-corrected chi connectivity index (χ1v) is 5.09. The van der Waals surface area contributed by atoms with Crippen molar-refractivity contribution in [3.8, 4) is 0 Å². The number of aromatic amines is 1. The summed E-state index contributed by atoms with van der Waals surface area (Å²) < 4.78 is 0. The average molecular weight is 209 g/mol. The zero-order valence-corrected chi connectivity index (χ0v) is 10.0. The molecule has 1 rings (SSSR count). The Balaban J connectivity index is 0.000000921. The van der Waals surface area contributed by atoms with Crippen LogP contribution >= 0.6 is 0 Å². The predicted molar refractivity (Wildman–Crippen MR) is 63.9 cm³/mol. The molecule has 0 spiro atoms. The van der Waals surface area contributed by atoms with Crippen molar-refractivity contribution in [3.05, 3.63) is 26.7 Å². The molecule has 2 N–H and O–H groups in total. The number of nitrogens with one attached hydrogen (secondary N) is 2. The maximum Gasteiger partial charge on any atom is 0.260 e. The van der Waals surface area contributed by atoms with Crippen LogP contribution in [-0.2, 0) is 0 Å². The molecule has 0 aromatic carbocycles. The van der Waals surface area contributed by atoms with Gasteiger partial charge in [0.25, 0.3) is 5.56 Å². The van der Waals surface area contributed by atoms with Gasteiger partial charge in [0.05, 0.1) is 10.6 Å². The lowest BCUT2D eigenvalue weighted by Crippen LogP contribution is -2.44. The van der Waals surface area contributed by atoms with Crippen molar-refractivity contribution in [2.45, 2.75) is 27.7 Å². The maximum atomic E-state index is 11.4. The van der Waals surface area contributed by atoms with E-state index < -0.39 is 0 Å². The smallest absolute Gasteiger partial charge is 0.260 e. The number of nitrogens with zero attached hydrogens (tertiary/aromatic N) is 1. The van der Waals surface area contributed by atoms with Crippen molar-refractivity contribution < 1.29 is 0 Å². The summed E-state index contributed by atoms with van der Waals surface area (Å²) in [6, 6.07) is 0. The molecule has 0 saturated carbocycles. The van der Waals surface area contributed by atoms with Crippen LogP contribution in [0.3, 0.4) is 0 Å². The van der Waals surface area contributed by atoms with E-state index in [9.17, 15) is 4.79 Å². The number of aromatic nitrogens is 2. The van der Waals surface area contributed by atoms with Crippen LogP contribution in [0, 0.1) is 6.92 Å². The summed E-state index contributed by atoms with van der Waals surface area (Å²) in [6.45, 7) is 7.62. The number of aryl methyl sites for hydroxylation is 1.